The number of carbonyl (C=O) groups excluding carboxylic acids is 1. The van der Waals surface area contributed by atoms with Gasteiger partial charge >= 0.3 is 6.03 Å². The fourth-order valence-corrected chi connectivity index (χ4v) is 4.13. The van der Waals surface area contributed by atoms with E-state index >= 15 is 4.39 Å². The number of para-hydroxylation sites is 1. The third-order valence-corrected chi connectivity index (χ3v) is 5.53. The SMILES string of the molecule is COc1ccccc1C1=C(C)N(C(N)=O)C(C)=C(C#N)C1c1ccc(Br)cc1F. The number of primary amides is 1. The summed E-state index contributed by atoms with van der Waals surface area (Å²) < 4.78 is 21.1. The van der Waals surface area contributed by atoms with Gasteiger partial charge in [0, 0.05) is 27.0 Å². The van der Waals surface area contributed by atoms with Crippen LogP contribution in [0.15, 0.2) is 63.9 Å². The smallest absolute Gasteiger partial charge is 0.323 e. The van der Waals surface area contributed by atoms with Crippen LogP contribution in [-0.2, 0) is 0 Å². The second-order valence-corrected chi connectivity index (χ2v) is 7.50. The number of hydrogen-bond donors (Lipinski definition) is 1. The van der Waals surface area contributed by atoms with Gasteiger partial charge in [-0.3, -0.25) is 4.90 Å². The minimum absolute atomic E-state index is 0.247. The van der Waals surface area contributed by atoms with Gasteiger partial charge in [0.05, 0.1) is 24.7 Å². The monoisotopic (exact) mass is 455 g/mol. The lowest BCUT2D eigenvalue weighted by Gasteiger charge is -2.36. The number of amides is 2. The fraction of sp³-hybridized carbons (Fsp3) is 0.182. The molecule has 1 unspecified atom stereocenters. The predicted octanol–water partition coefficient (Wildman–Crippen LogP) is 5.30. The Balaban J connectivity index is 2.41. The lowest BCUT2D eigenvalue weighted by atomic mass is 9.77. The number of urea groups is 1. The Morgan fingerprint density at radius 3 is 2.52 bits per heavy atom. The number of carbonyl (C=O) groups is 1. The van der Waals surface area contributed by atoms with E-state index in [2.05, 4.69) is 22.0 Å². The molecule has 5 nitrogen and oxygen atoms in total. The number of nitrogens with two attached hydrogens (primary N) is 1. The first-order chi connectivity index (χ1) is 13.8. The first kappa shape index (κ1) is 20.6. The zero-order valence-electron chi connectivity index (χ0n) is 16.2. The summed E-state index contributed by atoms with van der Waals surface area (Å²) in [6, 6.07) is 13.4. The summed E-state index contributed by atoms with van der Waals surface area (Å²) in [5.74, 6) is -0.636. The van der Waals surface area contributed by atoms with Crippen LogP contribution in [0.25, 0.3) is 5.57 Å². The van der Waals surface area contributed by atoms with Crippen LogP contribution in [0.3, 0.4) is 0 Å². The first-order valence-corrected chi connectivity index (χ1v) is 9.60. The highest BCUT2D eigenvalue weighted by atomic mass is 79.9. The molecular weight excluding hydrogens is 437 g/mol. The van der Waals surface area contributed by atoms with E-state index in [1.165, 1.54) is 18.1 Å². The minimum atomic E-state index is -0.722. The van der Waals surface area contributed by atoms with Crippen molar-refractivity contribution in [3.63, 3.8) is 0 Å². The molecule has 1 aliphatic rings. The van der Waals surface area contributed by atoms with Crippen LogP contribution in [0.5, 0.6) is 5.75 Å². The summed E-state index contributed by atoms with van der Waals surface area (Å²) in [5.41, 5.74) is 8.33. The van der Waals surface area contributed by atoms with E-state index in [-0.39, 0.29) is 5.57 Å². The highest BCUT2D eigenvalue weighted by molar-refractivity contribution is 9.10. The fourth-order valence-electron chi connectivity index (χ4n) is 3.79. The second kappa shape index (κ2) is 8.10. The lowest BCUT2D eigenvalue weighted by Crippen LogP contribution is -2.37. The van der Waals surface area contributed by atoms with E-state index in [0.717, 1.165) is 0 Å². The van der Waals surface area contributed by atoms with Crippen LogP contribution in [0.2, 0.25) is 0 Å². The third kappa shape index (κ3) is 3.52. The van der Waals surface area contributed by atoms with Crippen molar-refractivity contribution in [2.45, 2.75) is 19.8 Å². The summed E-state index contributed by atoms with van der Waals surface area (Å²) in [5, 5.41) is 9.94. The van der Waals surface area contributed by atoms with E-state index in [1.54, 1.807) is 32.0 Å². The van der Waals surface area contributed by atoms with Gasteiger partial charge in [-0.2, -0.15) is 5.26 Å². The molecule has 2 aromatic carbocycles. The molecule has 0 bridgehead atoms. The highest BCUT2D eigenvalue weighted by Crippen LogP contribution is 2.48. The van der Waals surface area contributed by atoms with Gasteiger partial charge in [0.25, 0.3) is 0 Å². The van der Waals surface area contributed by atoms with E-state index < -0.39 is 17.8 Å². The van der Waals surface area contributed by atoms with Crippen molar-refractivity contribution >= 4 is 27.5 Å². The van der Waals surface area contributed by atoms with Crippen molar-refractivity contribution in [2.24, 2.45) is 5.73 Å². The molecule has 0 fully saturated rings. The maximum atomic E-state index is 15.0. The van der Waals surface area contributed by atoms with Gasteiger partial charge in [-0.25, -0.2) is 9.18 Å². The third-order valence-electron chi connectivity index (χ3n) is 5.04. The van der Waals surface area contributed by atoms with Crippen molar-refractivity contribution in [2.75, 3.05) is 7.11 Å². The number of halogens is 2. The zero-order valence-corrected chi connectivity index (χ0v) is 17.7. The summed E-state index contributed by atoms with van der Waals surface area (Å²) in [4.78, 5) is 13.5. The Morgan fingerprint density at radius 2 is 1.93 bits per heavy atom. The number of ether oxygens (including phenoxy) is 1. The van der Waals surface area contributed by atoms with Gasteiger partial charge in [-0.05, 0) is 37.6 Å². The van der Waals surface area contributed by atoms with Gasteiger partial charge < -0.3 is 10.5 Å². The number of nitriles is 1. The molecule has 0 saturated heterocycles. The molecule has 148 valence electrons. The van der Waals surface area contributed by atoms with Crippen LogP contribution in [0.4, 0.5) is 9.18 Å². The Hall–Kier alpha value is -3.11. The maximum absolute atomic E-state index is 15.0. The molecule has 0 saturated carbocycles. The standard InChI is InChI=1S/C22H19BrFN3O2/c1-12-17(11-25)21(15-9-8-14(23)10-18(15)24)20(13(2)27(12)22(26)28)16-6-4-5-7-19(16)29-3/h4-10,21H,1-3H3,(H2,26,28). The average Bonchev–Trinajstić information content (AvgIpc) is 2.67. The normalized spacial score (nSPS) is 16.7. The molecule has 29 heavy (non-hydrogen) atoms. The summed E-state index contributed by atoms with van der Waals surface area (Å²) in [6.45, 7) is 3.36. The summed E-state index contributed by atoms with van der Waals surface area (Å²) in [7, 11) is 1.53. The van der Waals surface area contributed by atoms with E-state index in [9.17, 15) is 10.1 Å². The largest absolute Gasteiger partial charge is 0.496 e. The van der Waals surface area contributed by atoms with E-state index in [0.29, 0.717) is 38.3 Å². The van der Waals surface area contributed by atoms with Crippen LogP contribution >= 0.6 is 15.9 Å². The second-order valence-electron chi connectivity index (χ2n) is 6.58. The lowest BCUT2D eigenvalue weighted by molar-refractivity contribution is 0.229. The number of methoxy groups -OCH3 is 1. The van der Waals surface area contributed by atoms with Crippen LogP contribution in [-0.4, -0.2) is 18.0 Å². The molecule has 1 heterocycles. The first-order valence-electron chi connectivity index (χ1n) is 8.81. The molecule has 0 aromatic heterocycles. The van der Waals surface area contributed by atoms with Gasteiger partial charge in [-0.15, -0.1) is 0 Å². The van der Waals surface area contributed by atoms with Crippen LogP contribution in [0.1, 0.15) is 30.9 Å². The molecule has 0 aliphatic carbocycles. The molecule has 2 aromatic rings. The van der Waals surface area contributed by atoms with Crippen LogP contribution < -0.4 is 10.5 Å². The Morgan fingerprint density at radius 1 is 1.24 bits per heavy atom. The molecular formula is C22H19BrFN3O2. The van der Waals surface area contributed by atoms with E-state index in [1.807, 2.05) is 18.2 Å². The molecule has 1 atom stereocenters. The molecule has 2 amide bonds. The average molecular weight is 456 g/mol. The molecule has 0 spiro atoms. The molecule has 0 radical (unpaired) electrons. The van der Waals surface area contributed by atoms with Gasteiger partial charge in [0.15, 0.2) is 0 Å². The molecule has 7 heteroatoms. The predicted molar refractivity (Wildman–Crippen MR) is 112 cm³/mol. The van der Waals surface area contributed by atoms with Crippen molar-refractivity contribution < 1.29 is 13.9 Å². The number of rotatable bonds is 3. The van der Waals surface area contributed by atoms with Crippen molar-refractivity contribution in [3.8, 4) is 11.8 Å². The summed E-state index contributed by atoms with van der Waals surface area (Å²) >= 11 is 3.27. The Labute approximate surface area is 177 Å². The molecule has 2 N–H and O–H groups in total. The topological polar surface area (TPSA) is 79.3 Å². The zero-order chi connectivity index (χ0) is 21.3. The van der Waals surface area contributed by atoms with Crippen molar-refractivity contribution in [1.29, 1.82) is 5.26 Å². The quantitative estimate of drug-likeness (QED) is 0.681. The summed E-state index contributed by atoms with van der Waals surface area (Å²) in [6.07, 6.45) is 0. The molecule has 3 rings (SSSR count). The number of allylic oxidation sites excluding steroid dienone is 4. The number of hydrogen-bond acceptors (Lipinski definition) is 3. The van der Waals surface area contributed by atoms with Gasteiger partial charge in [0.2, 0.25) is 0 Å². The maximum Gasteiger partial charge on any atom is 0.323 e. The van der Waals surface area contributed by atoms with Crippen molar-refractivity contribution in [3.05, 3.63) is 80.8 Å². The Kier molecular flexibility index (Phi) is 5.76. The highest BCUT2D eigenvalue weighted by Gasteiger charge is 2.37. The van der Waals surface area contributed by atoms with E-state index in [4.69, 9.17) is 10.5 Å². The van der Waals surface area contributed by atoms with Gasteiger partial charge in [-0.1, -0.05) is 40.2 Å². The van der Waals surface area contributed by atoms with Crippen LogP contribution in [0, 0.1) is 17.1 Å². The van der Waals surface area contributed by atoms with Crippen molar-refractivity contribution in [1.82, 2.24) is 4.90 Å². The number of nitrogens with zero attached hydrogens (tertiary/aromatic N) is 2. The minimum Gasteiger partial charge on any atom is -0.496 e. The number of benzene rings is 2. The Bertz CT molecular complexity index is 1100. The van der Waals surface area contributed by atoms with Gasteiger partial charge in [0.1, 0.15) is 11.6 Å². The molecule has 1 aliphatic heterocycles.